The van der Waals surface area contributed by atoms with Gasteiger partial charge in [0.25, 0.3) is 0 Å². The van der Waals surface area contributed by atoms with E-state index in [-0.39, 0.29) is 17.5 Å². The molecule has 0 unspecified atom stereocenters. The number of Topliss-reactive ketones (excluding diaryl/α,β-unsaturated/α-hetero) is 2. The minimum Gasteiger partial charge on any atom is -0.434 e. The van der Waals surface area contributed by atoms with E-state index in [1.165, 1.54) is 0 Å². The fraction of sp³-hybridized carbons (Fsp3) is 0.625. The quantitative estimate of drug-likeness (QED) is 0.781. The van der Waals surface area contributed by atoms with Crippen molar-refractivity contribution in [3.05, 3.63) is 22.7 Å². The Morgan fingerprint density at radius 1 is 1.00 bits per heavy atom. The van der Waals surface area contributed by atoms with Gasteiger partial charge in [-0.15, -0.1) is 0 Å². The van der Waals surface area contributed by atoms with Crippen LogP contribution in [0, 0.1) is 5.92 Å². The van der Waals surface area contributed by atoms with Gasteiger partial charge in [0, 0.05) is 36.8 Å². The van der Waals surface area contributed by atoms with Crippen LogP contribution in [0.15, 0.2) is 22.7 Å². The van der Waals surface area contributed by atoms with Crippen LogP contribution in [0.4, 0.5) is 0 Å². The molecule has 2 aliphatic heterocycles. The third kappa shape index (κ3) is 1.80. The maximum atomic E-state index is 11.9. The lowest BCUT2D eigenvalue weighted by Gasteiger charge is -2.45. The van der Waals surface area contributed by atoms with Crippen LogP contribution in [-0.4, -0.2) is 24.1 Å². The Labute approximate surface area is 122 Å². The summed E-state index contributed by atoms with van der Waals surface area (Å²) in [6, 6.07) is 0. The molecule has 0 radical (unpaired) electrons. The van der Waals surface area contributed by atoms with E-state index in [0.29, 0.717) is 45.1 Å². The summed E-state index contributed by atoms with van der Waals surface area (Å²) < 4.78 is 17.9. The molecule has 0 bridgehead atoms. The second kappa shape index (κ2) is 4.44. The average molecular weight is 290 g/mol. The van der Waals surface area contributed by atoms with E-state index in [2.05, 4.69) is 0 Å². The maximum Gasteiger partial charge on any atom is 0.374 e. The molecule has 0 aromatic carbocycles. The molecule has 0 atom stereocenters. The highest BCUT2D eigenvalue weighted by Gasteiger charge is 2.56. The zero-order valence-electron chi connectivity index (χ0n) is 12.1. The number of ketones is 2. The van der Waals surface area contributed by atoms with Crippen molar-refractivity contribution in [2.75, 3.05) is 6.61 Å². The first kappa shape index (κ1) is 13.1. The minimum absolute atomic E-state index is 0.126. The first-order valence-corrected chi connectivity index (χ1v) is 7.65. The number of rotatable bonds is 2. The molecule has 0 amide bonds. The van der Waals surface area contributed by atoms with E-state index >= 15 is 0 Å². The van der Waals surface area contributed by atoms with E-state index in [9.17, 15) is 9.59 Å². The van der Waals surface area contributed by atoms with Gasteiger partial charge >= 0.3 is 5.97 Å². The van der Waals surface area contributed by atoms with Gasteiger partial charge in [-0.2, -0.15) is 0 Å². The van der Waals surface area contributed by atoms with Crippen LogP contribution in [0.5, 0.6) is 0 Å². The Balaban J connectivity index is 1.72. The molecule has 112 valence electrons. The van der Waals surface area contributed by atoms with Gasteiger partial charge in [-0.3, -0.25) is 9.59 Å². The maximum absolute atomic E-state index is 11.9. The number of hydrogen-bond donors (Lipinski definition) is 0. The van der Waals surface area contributed by atoms with Gasteiger partial charge in [0.2, 0.25) is 0 Å². The Kier molecular flexibility index (Phi) is 2.76. The zero-order chi connectivity index (χ0) is 14.6. The lowest BCUT2D eigenvalue weighted by molar-refractivity contribution is -0.387. The third-order valence-corrected chi connectivity index (χ3v) is 4.78. The standard InChI is InChI=1S/C16H18O5/c1-2-19-16-9(7-10-12(17)3-5-14(10)20-16)8-11-13(18)4-6-15(11)21-16/h9H,2-8H2,1H3. The van der Waals surface area contributed by atoms with E-state index < -0.39 is 5.97 Å². The Morgan fingerprint density at radius 3 is 2.00 bits per heavy atom. The predicted molar refractivity (Wildman–Crippen MR) is 71.8 cm³/mol. The van der Waals surface area contributed by atoms with Crippen LogP contribution in [0.1, 0.15) is 45.4 Å². The number of carbonyl (C=O) groups is 2. The van der Waals surface area contributed by atoms with Crippen LogP contribution in [0.3, 0.4) is 0 Å². The molecule has 0 fully saturated rings. The van der Waals surface area contributed by atoms with E-state index in [4.69, 9.17) is 14.2 Å². The normalized spacial score (nSPS) is 34.4. The first-order chi connectivity index (χ1) is 10.1. The summed E-state index contributed by atoms with van der Waals surface area (Å²) in [6.45, 7) is 2.36. The highest BCUT2D eigenvalue weighted by molar-refractivity contribution is 5.99. The summed E-state index contributed by atoms with van der Waals surface area (Å²) in [5.74, 6) is 0.497. The molecule has 0 aromatic rings. The van der Waals surface area contributed by atoms with Gasteiger partial charge in [0.15, 0.2) is 11.6 Å². The van der Waals surface area contributed by atoms with Gasteiger partial charge in [0.05, 0.1) is 12.5 Å². The molecule has 2 heterocycles. The van der Waals surface area contributed by atoms with Crippen molar-refractivity contribution in [1.82, 2.24) is 0 Å². The van der Waals surface area contributed by atoms with Gasteiger partial charge in [-0.25, -0.2) is 0 Å². The van der Waals surface area contributed by atoms with Crippen molar-refractivity contribution in [2.45, 2.75) is 51.4 Å². The average Bonchev–Trinajstić information content (AvgIpc) is 2.99. The monoisotopic (exact) mass is 290 g/mol. The lowest BCUT2D eigenvalue weighted by Crippen LogP contribution is -2.50. The molecule has 4 aliphatic rings. The largest absolute Gasteiger partial charge is 0.434 e. The summed E-state index contributed by atoms with van der Waals surface area (Å²) in [7, 11) is 0. The summed E-state index contributed by atoms with van der Waals surface area (Å²) in [4.78, 5) is 23.9. The Morgan fingerprint density at radius 2 is 1.52 bits per heavy atom. The summed E-state index contributed by atoms with van der Waals surface area (Å²) >= 11 is 0. The molecule has 0 N–H and O–H groups in total. The molecule has 0 spiro atoms. The number of fused-ring (bicyclic) bond motifs is 1. The Hall–Kier alpha value is -1.62. The van der Waals surface area contributed by atoms with Crippen LogP contribution in [0.25, 0.3) is 0 Å². The smallest absolute Gasteiger partial charge is 0.374 e. The molecular weight excluding hydrogens is 272 g/mol. The molecule has 5 heteroatoms. The fourth-order valence-electron chi connectivity index (χ4n) is 3.77. The van der Waals surface area contributed by atoms with Crippen LogP contribution in [-0.2, 0) is 23.8 Å². The van der Waals surface area contributed by atoms with Gasteiger partial charge in [-0.05, 0) is 19.8 Å². The van der Waals surface area contributed by atoms with Crippen molar-refractivity contribution in [2.24, 2.45) is 5.92 Å². The molecule has 5 nitrogen and oxygen atoms in total. The lowest BCUT2D eigenvalue weighted by atomic mass is 9.85. The van der Waals surface area contributed by atoms with Crippen molar-refractivity contribution >= 4 is 11.6 Å². The summed E-state index contributed by atoms with van der Waals surface area (Å²) in [6.07, 6.45) is 3.43. The van der Waals surface area contributed by atoms with Crippen LogP contribution < -0.4 is 0 Å². The molecular formula is C16H18O5. The molecule has 21 heavy (non-hydrogen) atoms. The predicted octanol–water partition coefficient (Wildman–Crippen LogP) is 2.37. The number of allylic oxidation sites excluding steroid dienone is 4. The summed E-state index contributed by atoms with van der Waals surface area (Å²) in [5.41, 5.74) is 1.54. The van der Waals surface area contributed by atoms with Crippen LogP contribution in [0.2, 0.25) is 0 Å². The SMILES string of the molecule is CCOC12OC3=C(CC1CC1=C(CCC1=O)O2)C(=O)CC3. The van der Waals surface area contributed by atoms with Crippen molar-refractivity contribution < 1.29 is 23.8 Å². The van der Waals surface area contributed by atoms with Crippen molar-refractivity contribution in [3.8, 4) is 0 Å². The van der Waals surface area contributed by atoms with Crippen molar-refractivity contribution in [1.29, 1.82) is 0 Å². The zero-order valence-corrected chi connectivity index (χ0v) is 12.1. The van der Waals surface area contributed by atoms with Crippen LogP contribution >= 0.6 is 0 Å². The second-order valence-electron chi connectivity index (χ2n) is 6.00. The van der Waals surface area contributed by atoms with Gasteiger partial charge in [-0.1, -0.05) is 0 Å². The fourth-order valence-corrected chi connectivity index (χ4v) is 3.77. The molecule has 0 aromatic heterocycles. The topological polar surface area (TPSA) is 61.8 Å². The van der Waals surface area contributed by atoms with E-state index in [1.807, 2.05) is 6.92 Å². The summed E-state index contributed by atoms with van der Waals surface area (Å²) in [5, 5.41) is 0. The van der Waals surface area contributed by atoms with E-state index in [1.54, 1.807) is 0 Å². The Bertz CT molecular complexity index is 552. The van der Waals surface area contributed by atoms with Crippen molar-refractivity contribution in [3.63, 3.8) is 0 Å². The third-order valence-electron chi connectivity index (χ3n) is 4.78. The molecule has 4 rings (SSSR count). The number of carbonyl (C=O) groups excluding carboxylic acids is 2. The molecule has 2 aliphatic carbocycles. The highest BCUT2D eigenvalue weighted by atomic mass is 16.9. The van der Waals surface area contributed by atoms with E-state index in [0.717, 1.165) is 22.7 Å². The number of ether oxygens (including phenoxy) is 3. The molecule has 0 saturated carbocycles. The van der Waals surface area contributed by atoms with Gasteiger partial charge < -0.3 is 14.2 Å². The minimum atomic E-state index is -1.14. The highest BCUT2D eigenvalue weighted by Crippen LogP contribution is 2.51. The number of hydrogen-bond acceptors (Lipinski definition) is 5. The molecule has 0 saturated heterocycles. The second-order valence-corrected chi connectivity index (χ2v) is 6.00. The first-order valence-electron chi connectivity index (χ1n) is 7.65. The van der Waals surface area contributed by atoms with Gasteiger partial charge in [0.1, 0.15) is 11.5 Å².